The molecule has 1 aromatic heterocycles. The smallest absolute Gasteiger partial charge is 0.338 e. The Labute approximate surface area is 104 Å². The quantitative estimate of drug-likeness (QED) is 0.832. The molecule has 18 heavy (non-hydrogen) atoms. The van der Waals surface area contributed by atoms with Crippen molar-refractivity contribution in [3.8, 4) is 0 Å². The lowest BCUT2D eigenvalue weighted by atomic mass is 10.0. The minimum absolute atomic E-state index is 0.0000463. The fourth-order valence-corrected chi connectivity index (χ4v) is 2.24. The Morgan fingerprint density at radius 3 is 2.83 bits per heavy atom. The molecule has 6 heteroatoms. The lowest BCUT2D eigenvalue weighted by molar-refractivity contribution is 0.0616. The molecule has 0 radical (unpaired) electrons. The van der Waals surface area contributed by atoms with E-state index in [1.807, 2.05) is 6.92 Å². The first-order valence-electron chi connectivity index (χ1n) is 5.78. The number of carbonyl (C=O) groups is 2. The van der Waals surface area contributed by atoms with E-state index in [9.17, 15) is 14.7 Å². The van der Waals surface area contributed by atoms with E-state index in [0.717, 1.165) is 12.7 Å². The molecule has 1 saturated heterocycles. The average Bonchev–Trinajstić information content (AvgIpc) is 2.94. The molecule has 0 aromatic carbocycles. The van der Waals surface area contributed by atoms with Gasteiger partial charge in [-0.3, -0.25) is 4.79 Å². The molecule has 0 aliphatic carbocycles. The zero-order chi connectivity index (χ0) is 13.3. The number of amides is 1. The molecule has 1 amide bonds. The second-order valence-corrected chi connectivity index (χ2v) is 4.52. The largest absolute Gasteiger partial charge is 0.478 e. The number of hydrogen-bond acceptors (Lipinski definition) is 4. The number of aliphatic hydroxyl groups excluding tert-OH is 1. The van der Waals surface area contributed by atoms with Gasteiger partial charge in [0.15, 0.2) is 5.76 Å². The van der Waals surface area contributed by atoms with Crippen LogP contribution in [0.25, 0.3) is 0 Å². The summed E-state index contributed by atoms with van der Waals surface area (Å²) >= 11 is 0. The van der Waals surface area contributed by atoms with Crippen molar-refractivity contribution in [2.24, 2.45) is 5.92 Å². The van der Waals surface area contributed by atoms with E-state index in [1.165, 1.54) is 11.0 Å². The molecule has 2 rings (SSSR count). The third-order valence-electron chi connectivity index (χ3n) is 3.39. The van der Waals surface area contributed by atoms with Crippen LogP contribution in [-0.4, -0.2) is 46.2 Å². The Hall–Kier alpha value is -1.82. The lowest BCUT2D eigenvalue weighted by Crippen LogP contribution is -2.39. The van der Waals surface area contributed by atoms with Crippen molar-refractivity contribution in [1.82, 2.24) is 4.90 Å². The third-order valence-corrected chi connectivity index (χ3v) is 3.39. The van der Waals surface area contributed by atoms with Crippen LogP contribution in [0.5, 0.6) is 0 Å². The van der Waals surface area contributed by atoms with Gasteiger partial charge in [-0.15, -0.1) is 0 Å². The average molecular weight is 253 g/mol. The standard InChI is InChI=1S/C12H15NO5/c1-7-2-3-13(9(7)5-14)11(15)10-4-8(6-18-10)12(16)17/h4,6-7,9,14H,2-3,5H2,1H3,(H,16,17). The fraction of sp³-hybridized carbons (Fsp3) is 0.500. The van der Waals surface area contributed by atoms with Crippen molar-refractivity contribution in [3.63, 3.8) is 0 Å². The highest BCUT2D eigenvalue weighted by Gasteiger charge is 2.35. The number of rotatable bonds is 3. The van der Waals surface area contributed by atoms with E-state index in [1.54, 1.807) is 0 Å². The number of aromatic carboxylic acids is 1. The van der Waals surface area contributed by atoms with Gasteiger partial charge in [-0.05, 0) is 12.3 Å². The number of likely N-dealkylation sites (tertiary alicyclic amines) is 1. The number of carbonyl (C=O) groups excluding carboxylic acids is 1. The molecule has 2 N–H and O–H groups in total. The van der Waals surface area contributed by atoms with Gasteiger partial charge in [0, 0.05) is 12.6 Å². The number of furan rings is 1. The SMILES string of the molecule is CC1CCN(C(=O)c2cc(C(=O)O)co2)C1CO. The van der Waals surface area contributed by atoms with Gasteiger partial charge in [-0.25, -0.2) is 4.79 Å². The maximum Gasteiger partial charge on any atom is 0.338 e. The third kappa shape index (κ3) is 2.11. The van der Waals surface area contributed by atoms with Crippen molar-refractivity contribution in [1.29, 1.82) is 0 Å². The van der Waals surface area contributed by atoms with Crippen molar-refractivity contribution in [3.05, 3.63) is 23.7 Å². The summed E-state index contributed by atoms with van der Waals surface area (Å²) in [5.74, 6) is -1.27. The normalized spacial score (nSPS) is 23.3. The van der Waals surface area contributed by atoms with E-state index in [-0.39, 0.29) is 35.8 Å². The van der Waals surface area contributed by atoms with Gasteiger partial charge in [-0.2, -0.15) is 0 Å². The number of carboxylic acids is 1. The van der Waals surface area contributed by atoms with E-state index >= 15 is 0 Å². The van der Waals surface area contributed by atoms with Crippen LogP contribution in [0.15, 0.2) is 16.7 Å². The van der Waals surface area contributed by atoms with Crippen molar-refractivity contribution >= 4 is 11.9 Å². The zero-order valence-corrected chi connectivity index (χ0v) is 10.00. The molecule has 2 heterocycles. The van der Waals surface area contributed by atoms with Gasteiger partial charge in [0.25, 0.3) is 5.91 Å². The molecule has 6 nitrogen and oxygen atoms in total. The van der Waals surface area contributed by atoms with Gasteiger partial charge < -0.3 is 19.5 Å². The van der Waals surface area contributed by atoms with Gasteiger partial charge in [-0.1, -0.05) is 6.92 Å². The van der Waals surface area contributed by atoms with Crippen molar-refractivity contribution < 1.29 is 24.2 Å². The van der Waals surface area contributed by atoms with Gasteiger partial charge in [0.1, 0.15) is 6.26 Å². The molecule has 1 fully saturated rings. The number of carboxylic acid groups (broad SMARTS) is 1. The number of hydrogen-bond donors (Lipinski definition) is 2. The Balaban J connectivity index is 2.18. The second-order valence-electron chi connectivity index (χ2n) is 4.52. The summed E-state index contributed by atoms with van der Waals surface area (Å²) in [4.78, 5) is 24.4. The topological polar surface area (TPSA) is 91.0 Å². The fourth-order valence-electron chi connectivity index (χ4n) is 2.24. The predicted octanol–water partition coefficient (Wildman–Crippen LogP) is 0.821. The first-order chi connectivity index (χ1) is 8.54. The summed E-state index contributed by atoms with van der Waals surface area (Å²) in [6.07, 6.45) is 1.87. The predicted molar refractivity (Wildman–Crippen MR) is 61.4 cm³/mol. The number of nitrogens with zero attached hydrogens (tertiary/aromatic N) is 1. The maximum absolute atomic E-state index is 12.1. The molecule has 98 valence electrons. The first kappa shape index (κ1) is 12.6. The molecule has 0 bridgehead atoms. The molecule has 1 aromatic rings. The van der Waals surface area contributed by atoms with Crippen LogP contribution in [0.3, 0.4) is 0 Å². The Morgan fingerprint density at radius 2 is 2.28 bits per heavy atom. The Bertz CT molecular complexity index is 467. The molecule has 1 aliphatic heterocycles. The Morgan fingerprint density at radius 1 is 1.56 bits per heavy atom. The van der Waals surface area contributed by atoms with Crippen molar-refractivity contribution in [2.75, 3.05) is 13.2 Å². The highest BCUT2D eigenvalue weighted by atomic mass is 16.4. The van der Waals surface area contributed by atoms with Crippen LogP contribution in [0, 0.1) is 5.92 Å². The molecule has 0 spiro atoms. The molecule has 2 unspecified atom stereocenters. The summed E-state index contributed by atoms with van der Waals surface area (Å²) in [5.41, 5.74) is -0.0499. The summed E-state index contributed by atoms with van der Waals surface area (Å²) in [6.45, 7) is 2.42. The van der Waals surface area contributed by atoms with Crippen LogP contribution in [0.4, 0.5) is 0 Å². The van der Waals surface area contributed by atoms with Gasteiger partial charge in [0.05, 0.1) is 18.2 Å². The minimum atomic E-state index is -1.13. The second kappa shape index (κ2) is 4.81. The lowest BCUT2D eigenvalue weighted by Gasteiger charge is -2.24. The molecule has 1 aliphatic rings. The van der Waals surface area contributed by atoms with E-state index in [0.29, 0.717) is 6.54 Å². The number of aliphatic hydroxyl groups is 1. The molecule has 0 saturated carbocycles. The maximum atomic E-state index is 12.1. The highest BCUT2D eigenvalue weighted by Crippen LogP contribution is 2.25. The van der Waals surface area contributed by atoms with Crippen molar-refractivity contribution in [2.45, 2.75) is 19.4 Å². The summed E-state index contributed by atoms with van der Waals surface area (Å²) in [5, 5.41) is 18.0. The monoisotopic (exact) mass is 253 g/mol. The molecule has 2 atom stereocenters. The highest BCUT2D eigenvalue weighted by molar-refractivity contribution is 5.95. The summed E-state index contributed by atoms with van der Waals surface area (Å²) in [6, 6.07) is 0.984. The van der Waals surface area contributed by atoms with E-state index in [2.05, 4.69) is 0 Å². The van der Waals surface area contributed by atoms with Gasteiger partial charge >= 0.3 is 5.97 Å². The summed E-state index contributed by atoms with van der Waals surface area (Å²) < 4.78 is 4.97. The van der Waals surface area contributed by atoms with Gasteiger partial charge in [0.2, 0.25) is 0 Å². The zero-order valence-electron chi connectivity index (χ0n) is 10.00. The van der Waals surface area contributed by atoms with E-state index < -0.39 is 5.97 Å². The van der Waals surface area contributed by atoms with Crippen LogP contribution in [0.1, 0.15) is 34.3 Å². The van der Waals surface area contributed by atoms with Crippen LogP contribution in [0.2, 0.25) is 0 Å². The van der Waals surface area contributed by atoms with Crippen LogP contribution >= 0.6 is 0 Å². The first-order valence-corrected chi connectivity index (χ1v) is 5.78. The summed E-state index contributed by atoms with van der Waals surface area (Å²) in [7, 11) is 0. The van der Waals surface area contributed by atoms with Crippen LogP contribution < -0.4 is 0 Å². The van der Waals surface area contributed by atoms with Crippen LogP contribution in [-0.2, 0) is 0 Å². The minimum Gasteiger partial charge on any atom is -0.478 e. The molecular formula is C12H15NO5. The molecular weight excluding hydrogens is 238 g/mol. The van der Waals surface area contributed by atoms with E-state index in [4.69, 9.17) is 9.52 Å². The Kier molecular flexibility index (Phi) is 3.38.